The Bertz CT molecular complexity index is 704. The first-order chi connectivity index (χ1) is 12.4. The van der Waals surface area contributed by atoms with Crippen molar-refractivity contribution in [2.24, 2.45) is 0 Å². The van der Waals surface area contributed by atoms with Gasteiger partial charge in [0, 0.05) is 29.2 Å². The van der Waals surface area contributed by atoms with Gasteiger partial charge in [-0.25, -0.2) is 4.79 Å². The monoisotopic (exact) mass is 380 g/mol. The van der Waals surface area contributed by atoms with E-state index in [1.807, 2.05) is 30.3 Å². The molecule has 1 saturated heterocycles. The summed E-state index contributed by atoms with van der Waals surface area (Å²) < 4.78 is 24.6. The van der Waals surface area contributed by atoms with E-state index >= 15 is 0 Å². The Morgan fingerprint density at radius 3 is 2.69 bits per heavy atom. The molecule has 1 fully saturated rings. The summed E-state index contributed by atoms with van der Waals surface area (Å²) in [6.45, 7) is 2.48. The Morgan fingerprint density at radius 1 is 1.35 bits per heavy atom. The van der Waals surface area contributed by atoms with Gasteiger partial charge in [-0.2, -0.15) is 10.6 Å². The van der Waals surface area contributed by atoms with E-state index in [2.05, 4.69) is 5.32 Å². The largest absolute Gasteiger partial charge is 0.442 e. The molecule has 3 N–H and O–H groups in total. The molecular formula is C18H24N2O5S. The zero-order valence-electron chi connectivity index (χ0n) is 14.6. The Balaban J connectivity index is 1.62. The van der Waals surface area contributed by atoms with Crippen molar-refractivity contribution >= 4 is 28.3 Å². The van der Waals surface area contributed by atoms with Crippen LogP contribution in [0.4, 0.5) is 10.5 Å². The van der Waals surface area contributed by atoms with Gasteiger partial charge < -0.3 is 10.1 Å². The molecule has 0 aromatic heterocycles. The van der Waals surface area contributed by atoms with Crippen LogP contribution in [0.25, 0.3) is 0 Å². The summed E-state index contributed by atoms with van der Waals surface area (Å²) in [6, 6.07) is 7.62. The summed E-state index contributed by atoms with van der Waals surface area (Å²) in [5, 5.41) is 4.24. The Hall–Kier alpha value is -2.03. The van der Waals surface area contributed by atoms with E-state index < -0.39 is 16.7 Å². The van der Waals surface area contributed by atoms with Gasteiger partial charge in [-0.3, -0.25) is 18.8 Å². The molecule has 1 aromatic carbocycles. The molecule has 0 radical (unpaired) electrons. The third-order valence-electron chi connectivity index (χ3n) is 4.61. The van der Waals surface area contributed by atoms with E-state index in [-0.39, 0.29) is 17.9 Å². The van der Waals surface area contributed by atoms with Crippen LogP contribution in [-0.2, 0) is 9.53 Å². The molecule has 2 aliphatic rings. The van der Waals surface area contributed by atoms with Gasteiger partial charge in [-0.15, -0.1) is 0 Å². The van der Waals surface area contributed by atoms with Crippen LogP contribution >= 0.6 is 10.6 Å². The minimum absolute atomic E-state index is 0.0685. The highest BCUT2D eigenvalue weighted by Gasteiger charge is 2.32. The van der Waals surface area contributed by atoms with Crippen LogP contribution in [0.15, 0.2) is 35.7 Å². The number of allylic oxidation sites excluding steroid dienone is 1. The molecule has 1 unspecified atom stereocenters. The van der Waals surface area contributed by atoms with Gasteiger partial charge in [0.05, 0.1) is 13.1 Å². The smallest absolute Gasteiger partial charge is 0.414 e. The number of hydrogen-bond acceptors (Lipinski definition) is 5. The number of hydrogen-bond donors (Lipinski definition) is 3. The van der Waals surface area contributed by atoms with Crippen molar-refractivity contribution in [3.8, 4) is 0 Å². The average molecular weight is 380 g/mol. The normalized spacial score (nSPS) is 25.7. The lowest BCUT2D eigenvalue weighted by Crippen LogP contribution is -2.34. The minimum atomic E-state index is -2.55. The van der Waals surface area contributed by atoms with Gasteiger partial charge in [0.2, 0.25) is 5.91 Å². The van der Waals surface area contributed by atoms with Gasteiger partial charge in [0.1, 0.15) is 6.10 Å². The highest BCUT2D eigenvalue weighted by atomic mass is 32.3. The molecule has 0 bridgehead atoms. The summed E-state index contributed by atoms with van der Waals surface area (Å²) in [6.07, 6.45) is 2.15. The van der Waals surface area contributed by atoms with Crippen molar-refractivity contribution in [1.29, 1.82) is 0 Å². The zero-order chi connectivity index (χ0) is 18.7. The predicted molar refractivity (Wildman–Crippen MR) is 102 cm³/mol. The van der Waals surface area contributed by atoms with Crippen LogP contribution in [0.5, 0.6) is 0 Å². The van der Waals surface area contributed by atoms with Gasteiger partial charge in [0.25, 0.3) is 0 Å². The lowest BCUT2D eigenvalue weighted by molar-refractivity contribution is -0.121. The van der Waals surface area contributed by atoms with Crippen molar-refractivity contribution in [3.05, 3.63) is 41.3 Å². The molecular weight excluding hydrogens is 356 g/mol. The second-order valence-corrected chi connectivity index (χ2v) is 8.63. The molecule has 142 valence electrons. The lowest BCUT2D eigenvalue weighted by Gasteiger charge is -2.33. The highest BCUT2D eigenvalue weighted by Crippen LogP contribution is 2.47. The van der Waals surface area contributed by atoms with E-state index in [0.29, 0.717) is 31.7 Å². The summed E-state index contributed by atoms with van der Waals surface area (Å²) in [7, 11) is -2.55. The fourth-order valence-electron chi connectivity index (χ4n) is 3.06. The molecule has 2 amide bonds. The maximum atomic E-state index is 12.1. The van der Waals surface area contributed by atoms with Crippen molar-refractivity contribution < 1.29 is 23.4 Å². The van der Waals surface area contributed by atoms with Gasteiger partial charge in [-0.1, -0.05) is 25.1 Å². The number of cyclic esters (lactones) is 1. The maximum Gasteiger partial charge on any atom is 0.414 e. The van der Waals surface area contributed by atoms with Crippen LogP contribution in [0, 0.1) is 0 Å². The van der Waals surface area contributed by atoms with Gasteiger partial charge in [-0.05, 0) is 24.1 Å². The molecule has 7 nitrogen and oxygen atoms in total. The number of amides is 2. The van der Waals surface area contributed by atoms with E-state index in [1.54, 1.807) is 11.8 Å². The van der Waals surface area contributed by atoms with Crippen molar-refractivity contribution in [2.45, 2.75) is 31.8 Å². The fraction of sp³-hybridized carbons (Fsp3) is 0.444. The lowest BCUT2D eigenvalue weighted by atomic mass is 9.96. The number of carbonyl (C=O) groups is 2. The van der Waals surface area contributed by atoms with Crippen LogP contribution in [0.1, 0.15) is 31.2 Å². The predicted octanol–water partition coefficient (Wildman–Crippen LogP) is 3.29. The quantitative estimate of drug-likeness (QED) is 0.728. The first-order valence-corrected chi connectivity index (χ1v) is 10.4. The number of carbonyl (C=O) groups excluding carboxylic acids is 2. The molecule has 8 heteroatoms. The number of anilines is 1. The average Bonchev–Trinajstić information content (AvgIpc) is 3.00. The number of nitrogens with zero attached hydrogens (tertiary/aromatic N) is 1. The van der Waals surface area contributed by atoms with Crippen LogP contribution in [0.2, 0.25) is 0 Å². The number of nitrogens with one attached hydrogen (secondary N) is 1. The molecule has 2 aliphatic heterocycles. The number of ether oxygens (including phenoxy) is 1. The second kappa shape index (κ2) is 7.69. The van der Waals surface area contributed by atoms with E-state index in [4.69, 9.17) is 4.74 Å². The second-order valence-electron chi connectivity index (χ2n) is 6.51. The summed E-state index contributed by atoms with van der Waals surface area (Å²) in [5.74, 6) is 0.451. The van der Waals surface area contributed by atoms with E-state index in [1.165, 1.54) is 5.41 Å². The van der Waals surface area contributed by atoms with Gasteiger partial charge >= 0.3 is 6.09 Å². The van der Waals surface area contributed by atoms with Crippen LogP contribution in [0.3, 0.4) is 0 Å². The molecule has 0 spiro atoms. The Kier molecular flexibility index (Phi) is 5.55. The molecule has 2 heterocycles. The zero-order valence-corrected chi connectivity index (χ0v) is 15.4. The summed E-state index contributed by atoms with van der Waals surface area (Å²) in [4.78, 5) is 25.0. The Labute approximate surface area is 154 Å². The third-order valence-corrected chi connectivity index (χ3v) is 6.04. The van der Waals surface area contributed by atoms with Crippen LogP contribution in [-0.4, -0.2) is 46.1 Å². The number of rotatable bonds is 5. The van der Waals surface area contributed by atoms with Crippen molar-refractivity contribution in [3.63, 3.8) is 0 Å². The van der Waals surface area contributed by atoms with Crippen LogP contribution < -0.4 is 10.2 Å². The highest BCUT2D eigenvalue weighted by molar-refractivity contribution is 8.26. The summed E-state index contributed by atoms with van der Waals surface area (Å²) in [5.41, 5.74) is 1.81. The molecule has 2 atom stereocenters. The summed E-state index contributed by atoms with van der Waals surface area (Å²) >= 11 is 0. The van der Waals surface area contributed by atoms with E-state index in [9.17, 15) is 18.7 Å². The SMILES string of the molecule is CCC(=O)NC[C@H]1CN(c2ccc(C3C=CS(O)(O)CC3)cc2)C(=O)O1. The topological polar surface area (TPSA) is 99.1 Å². The number of benzene rings is 1. The van der Waals surface area contributed by atoms with Crippen molar-refractivity contribution in [1.82, 2.24) is 5.32 Å². The molecule has 0 saturated carbocycles. The van der Waals surface area contributed by atoms with Crippen molar-refractivity contribution in [2.75, 3.05) is 23.7 Å². The third kappa shape index (κ3) is 4.38. The van der Waals surface area contributed by atoms with Gasteiger partial charge in [0.15, 0.2) is 0 Å². The van der Waals surface area contributed by atoms with E-state index in [0.717, 1.165) is 11.3 Å². The molecule has 26 heavy (non-hydrogen) atoms. The first kappa shape index (κ1) is 18.8. The molecule has 3 rings (SSSR count). The minimum Gasteiger partial charge on any atom is -0.442 e. The molecule has 1 aromatic rings. The fourth-order valence-corrected chi connectivity index (χ4v) is 4.23. The maximum absolute atomic E-state index is 12.1. The standard InChI is InChI=1S/C18H24N2O5S/c1-2-17(21)19-11-16-12-20(18(22)25-16)15-5-3-13(4-6-15)14-7-9-26(23,24)10-8-14/h3-7,9,14,16,23-24H,2,8,10-12H2,1H3,(H,19,21)/t14?,16-/m0/s1. The Morgan fingerprint density at radius 2 is 2.08 bits per heavy atom. The molecule has 0 aliphatic carbocycles. The first-order valence-electron chi connectivity index (χ1n) is 8.67.